The van der Waals surface area contributed by atoms with E-state index in [2.05, 4.69) is 9.71 Å². The molecule has 8 heteroatoms. The molecule has 110 valence electrons. The van der Waals surface area contributed by atoms with E-state index in [0.29, 0.717) is 11.4 Å². The van der Waals surface area contributed by atoms with Gasteiger partial charge in [0.15, 0.2) is 0 Å². The van der Waals surface area contributed by atoms with E-state index in [9.17, 15) is 12.8 Å². The Hall–Kier alpha value is -2.06. The minimum atomic E-state index is -3.88. The number of rotatable bonds is 4. The van der Waals surface area contributed by atoms with Gasteiger partial charge in [-0.3, -0.25) is 9.71 Å². The normalized spacial score (nSPS) is 11.1. The van der Waals surface area contributed by atoms with Gasteiger partial charge in [0.25, 0.3) is 10.0 Å². The van der Waals surface area contributed by atoms with Crippen LogP contribution in [-0.2, 0) is 10.0 Å². The van der Waals surface area contributed by atoms with Gasteiger partial charge in [-0.1, -0.05) is 12.2 Å². The summed E-state index contributed by atoms with van der Waals surface area (Å²) in [6.07, 6.45) is 1.55. The predicted molar refractivity (Wildman–Crippen MR) is 82.1 cm³/mol. The monoisotopic (exact) mass is 325 g/mol. The van der Waals surface area contributed by atoms with Crippen molar-refractivity contribution in [3.63, 3.8) is 0 Å². The van der Waals surface area contributed by atoms with Gasteiger partial charge in [0.1, 0.15) is 10.8 Å². The van der Waals surface area contributed by atoms with Crippen molar-refractivity contribution in [3.05, 3.63) is 53.6 Å². The fourth-order valence-corrected chi connectivity index (χ4v) is 2.96. The first kappa shape index (κ1) is 15.3. The summed E-state index contributed by atoms with van der Waals surface area (Å²) in [5.41, 5.74) is 6.13. The second-order valence-electron chi connectivity index (χ2n) is 4.25. The summed E-state index contributed by atoms with van der Waals surface area (Å²) in [6, 6.07) is 6.45. The molecule has 0 fully saturated rings. The minimum absolute atomic E-state index is 0.115. The van der Waals surface area contributed by atoms with Gasteiger partial charge >= 0.3 is 0 Å². The average molecular weight is 325 g/mol. The van der Waals surface area contributed by atoms with Crippen LogP contribution in [0.2, 0.25) is 0 Å². The number of aromatic nitrogens is 1. The fraction of sp³-hybridized carbons (Fsp3) is 0.0769. The zero-order valence-electron chi connectivity index (χ0n) is 11.0. The molecule has 2 rings (SSSR count). The van der Waals surface area contributed by atoms with Crippen molar-refractivity contribution in [1.29, 1.82) is 0 Å². The molecule has 1 aromatic heterocycles. The molecule has 0 saturated heterocycles. The smallest absolute Gasteiger partial charge is 0.261 e. The topological polar surface area (TPSA) is 85.1 Å². The van der Waals surface area contributed by atoms with Gasteiger partial charge < -0.3 is 5.73 Å². The molecule has 0 amide bonds. The molecule has 3 N–H and O–H groups in total. The maximum Gasteiger partial charge on any atom is 0.261 e. The standard InChI is InChI=1S/C13H12FN3O2S2/c1-8-12(3-2-6-16-8)17-21(18,19)9-4-5-11(14)10(7-9)13(15)20/h2-7,17H,1H3,(H2,15,20). The summed E-state index contributed by atoms with van der Waals surface area (Å²) in [7, 11) is -3.88. The Labute approximate surface area is 127 Å². The maximum atomic E-state index is 13.5. The van der Waals surface area contributed by atoms with Gasteiger partial charge in [-0.15, -0.1) is 0 Å². The van der Waals surface area contributed by atoms with Crippen LogP contribution in [0.15, 0.2) is 41.4 Å². The average Bonchev–Trinajstić information content (AvgIpc) is 2.41. The number of anilines is 1. The van der Waals surface area contributed by atoms with Crippen LogP contribution >= 0.6 is 12.2 Å². The van der Waals surface area contributed by atoms with Crippen LogP contribution < -0.4 is 10.5 Å². The van der Waals surface area contributed by atoms with Crippen molar-refractivity contribution < 1.29 is 12.8 Å². The Bertz CT molecular complexity index is 807. The van der Waals surface area contributed by atoms with E-state index in [1.54, 1.807) is 25.3 Å². The summed E-state index contributed by atoms with van der Waals surface area (Å²) < 4.78 is 40.5. The van der Waals surface area contributed by atoms with E-state index in [4.69, 9.17) is 18.0 Å². The number of hydrogen-bond acceptors (Lipinski definition) is 4. The number of halogens is 1. The summed E-state index contributed by atoms with van der Waals surface area (Å²) >= 11 is 4.70. The molecule has 0 aliphatic heterocycles. The molecule has 1 heterocycles. The number of nitrogens with two attached hydrogens (primary N) is 1. The SMILES string of the molecule is Cc1ncccc1NS(=O)(=O)c1ccc(F)c(C(N)=S)c1. The first-order valence-electron chi connectivity index (χ1n) is 5.85. The number of pyridine rings is 1. The van der Waals surface area contributed by atoms with Crippen LogP contribution in [0.4, 0.5) is 10.1 Å². The largest absolute Gasteiger partial charge is 0.389 e. The van der Waals surface area contributed by atoms with E-state index in [-0.39, 0.29) is 15.4 Å². The lowest BCUT2D eigenvalue weighted by molar-refractivity contribution is 0.599. The second-order valence-corrected chi connectivity index (χ2v) is 6.37. The highest BCUT2D eigenvalue weighted by atomic mass is 32.2. The summed E-state index contributed by atoms with van der Waals surface area (Å²) in [5, 5.41) is 0. The van der Waals surface area contributed by atoms with Crippen LogP contribution in [-0.4, -0.2) is 18.4 Å². The third kappa shape index (κ3) is 3.34. The molecular formula is C13H12FN3O2S2. The number of hydrogen-bond donors (Lipinski definition) is 2. The van der Waals surface area contributed by atoms with Gasteiger partial charge in [-0.05, 0) is 37.3 Å². The summed E-state index contributed by atoms with van der Waals surface area (Å²) in [6.45, 7) is 1.67. The molecular weight excluding hydrogens is 313 g/mol. The number of aryl methyl sites for hydroxylation is 1. The van der Waals surface area contributed by atoms with E-state index in [1.807, 2.05) is 0 Å². The lowest BCUT2D eigenvalue weighted by Gasteiger charge is -2.11. The molecule has 2 aromatic rings. The molecule has 0 unspecified atom stereocenters. The molecule has 0 aliphatic rings. The molecule has 0 spiro atoms. The fourth-order valence-electron chi connectivity index (χ4n) is 1.66. The third-order valence-corrected chi connectivity index (χ3v) is 4.35. The lowest BCUT2D eigenvalue weighted by Crippen LogP contribution is -2.17. The quantitative estimate of drug-likeness (QED) is 0.840. The van der Waals surface area contributed by atoms with E-state index in [1.165, 1.54) is 0 Å². The Balaban J connectivity index is 2.43. The number of sulfonamides is 1. The van der Waals surface area contributed by atoms with Crippen molar-refractivity contribution in [2.24, 2.45) is 5.73 Å². The number of benzene rings is 1. The Morgan fingerprint density at radius 2 is 2.10 bits per heavy atom. The molecule has 5 nitrogen and oxygen atoms in total. The third-order valence-electron chi connectivity index (χ3n) is 2.76. The highest BCUT2D eigenvalue weighted by Crippen LogP contribution is 2.20. The zero-order valence-corrected chi connectivity index (χ0v) is 12.6. The predicted octanol–water partition coefficient (Wildman–Crippen LogP) is 1.96. The van der Waals surface area contributed by atoms with Gasteiger partial charge in [0.05, 0.1) is 16.3 Å². The second kappa shape index (κ2) is 5.74. The van der Waals surface area contributed by atoms with E-state index >= 15 is 0 Å². The van der Waals surface area contributed by atoms with Crippen molar-refractivity contribution in [1.82, 2.24) is 4.98 Å². The van der Waals surface area contributed by atoms with Crippen LogP contribution in [0.1, 0.15) is 11.3 Å². The zero-order chi connectivity index (χ0) is 15.6. The van der Waals surface area contributed by atoms with Crippen molar-refractivity contribution in [2.45, 2.75) is 11.8 Å². The van der Waals surface area contributed by atoms with Crippen LogP contribution in [0.25, 0.3) is 0 Å². The highest BCUT2D eigenvalue weighted by molar-refractivity contribution is 7.92. The highest BCUT2D eigenvalue weighted by Gasteiger charge is 2.18. The van der Waals surface area contributed by atoms with Crippen LogP contribution in [0.3, 0.4) is 0 Å². The summed E-state index contributed by atoms with van der Waals surface area (Å²) in [4.78, 5) is 3.65. The molecule has 0 atom stereocenters. The Kier molecular flexibility index (Phi) is 4.19. The molecule has 0 radical (unpaired) electrons. The van der Waals surface area contributed by atoms with E-state index < -0.39 is 15.8 Å². The summed E-state index contributed by atoms with van der Waals surface area (Å²) in [5.74, 6) is -0.668. The maximum absolute atomic E-state index is 13.5. The van der Waals surface area contributed by atoms with Crippen molar-refractivity contribution in [3.8, 4) is 0 Å². The minimum Gasteiger partial charge on any atom is -0.389 e. The molecule has 0 bridgehead atoms. The number of thiocarbonyl (C=S) groups is 1. The first-order chi connectivity index (χ1) is 9.81. The van der Waals surface area contributed by atoms with Gasteiger partial charge in [-0.2, -0.15) is 0 Å². The van der Waals surface area contributed by atoms with Gasteiger partial charge in [-0.25, -0.2) is 12.8 Å². The van der Waals surface area contributed by atoms with Crippen LogP contribution in [0, 0.1) is 12.7 Å². The Morgan fingerprint density at radius 3 is 2.71 bits per heavy atom. The van der Waals surface area contributed by atoms with Gasteiger partial charge in [0.2, 0.25) is 0 Å². The first-order valence-corrected chi connectivity index (χ1v) is 7.74. The van der Waals surface area contributed by atoms with Crippen LogP contribution in [0.5, 0.6) is 0 Å². The molecule has 0 saturated carbocycles. The number of nitrogens with one attached hydrogen (secondary N) is 1. The van der Waals surface area contributed by atoms with Crippen molar-refractivity contribution >= 4 is 32.9 Å². The molecule has 21 heavy (non-hydrogen) atoms. The lowest BCUT2D eigenvalue weighted by atomic mass is 10.2. The Morgan fingerprint density at radius 1 is 1.38 bits per heavy atom. The molecule has 0 aliphatic carbocycles. The van der Waals surface area contributed by atoms with Gasteiger partial charge in [0, 0.05) is 11.8 Å². The van der Waals surface area contributed by atoms with Crippen molar-refractivity contribution in [2.75, 3.05) is 4.72 Å². The number of nitrogens with zero attached hydrogens (tertiary/aromatic N) is 1. The molecule has 1 aromatic carbocycles. The van der Waals surface area contributed by atoms with E-state index in [0.717, 1.165) is 18.2 Å².